The zero-order chi connectivity index (χ0) is 18.8. The molecule has 0 bridgehead atoms. The number of hydrogen-bond acceptors (Lipinski definition) is 4. The lowest BCUT2D eigenvalue weighted by Gasteiger charge is -2.06. The molecule has 1 amide bonds. The number of fused-ring (bicyclic) bond motifs is 1. The van der Waals surface area contributed by atoms with E-state index in [0.29, 0.717) is 17.2 Å². The maximum atomic E-state index is 13.6. The number of amides is 1. The molecule has 7 heteroatoms. The molecule has 4 aromatic rings. The third-order valence-electron chi connectivity index (χ3n) is 4.09. The molecule has 0 radical (unpaired) electrons. The average molecular weight is 368 g/mol. The molecule has 0 fully saturated rings. The van der Waals surface area contributed by atoms with Gasteiger partial charge in [0.1, 0.15) is 17.2 Å². The number of aromatic nitrogens is 1. The van der Waals surface area contributed by atoms with Crippen LogP contribution < -0.4 is 5.32 Å². The zero-order valence-corrected chi connectivity index (χ0v) is 14.0. The number of nitrogens with zero attached hydrogens (tertiary/aromatic N) is 1. The molecule has 0 aliphatic heterocycles. The molecule has 4 rings (SSSR count). The third kappa shape index (κ3) is 3.57. The van der Waals surface area contributed by atoms with Crippen LogP contribution in [-0.4, -0.2) is 11.1 Å². The summed E-state index contributed by atoms with van der Waals surface area (Å²) in [5.74, 6) is -0.937. The first-order chi connectivity index (χ1) is 13.1. The summed E-state index contributed by atoms with van der Waals surface area (Å²) < 4.78 is 38.1. The minimum atomic E-state index is -0.705. The molecule has 0 saturated carbocycles. The first-order valence-corrected chi connectivity index (χ1v) is 8.24. The fourth-order valence-corrected chi connectivity index (χ4v) is 2.73. The van der Waals surface area contributed by atoms with Crippen molar-refractivity contribution in [1.29, 1.82) is 0 Å². The summed E-state index contributed by atoms with van der Waals surface area (Å²) in [5.41, 5.74) is 0.918. The quantitative estimate of drug-likeness (QED) is 0.573. The SMILES string of the molecule is O=C(Cc1cc(-c2cc3ccccc3o2)on1)NCc1c(F)cccc1F. The van der Waals surface area contributed by atoms with Crippen molar-refractivity contribution in [2.24, 2.45) is 0 Å². The number of nitrogens with one attached hydrogen (secondary N) is 1. The number of rotatable bonds is 5. The van der Waals surface area contributed by atoms with E-state index in [-0.39, 0.29) is 18.5 Å². The third-order valence-corrected chi connectivity index (χ3v) is 4.09. The van der Waals surface area contributed by atoms with E-state index in [2.05, 4.69) is 10.5 Å². The van der Waals surface area contributed by atoms with E-state index in [1.807, 2.05) is 30.3 Å². The standard InChI is InChI=1S/C20H14F2N2O3/c21-15-5-3-6-16(22)14(15)11-23-20(25)10-13-9-19(27-24-13)18-8-12-4-1-2-7-17(12)26-18/h1-9H,10-11H2,(H,23,25). The van der Waals surface area contributed by atoms with Crippen LogP contribution in [0.1, 0.15) is 11.3 Å². The summed E-state index contributed by atoms with van der Waals surface area (Å²) in [5, 5.41) is 7.25. The number of carbonyl (C=O) groups excluding carboxylic acids is 1. The summed E-state index contributed by atoms with van der Waals surface area (Å²) >= 11 is 0. The minimum Gasteiger partial charge on any atom is -0.453 e. The van der Waals surface area contributed by atoms with Crippen molar-refractivity contribution >= 4 is 16.9 Å². The van der Waals surface area contributed by atoms with Crippen LogP contribution in [0, 0.1) is 11.6 Å². The van der Waals surface area contributed by atoms with E-state index in [0.717, 1.165) is 23.1 Å². The molecule has 0 aliphatic carbocycles. The second-order valence-electron chi connectivity index (χ2n) is 5.98. The lowest BCUT2D eigenvalue weighted by Crippen LogP contribution is -2.25. The van der Waals surface area contributed by atoms with Gasteiger partial charge in [0.15, 0.2) is 5.76 Å². The van der Waals surface area contributed by atoms with Gasteiger partial charge in [-0.2, -0.15) is 0 Å². The highest BCUT2D eigenvalue weighted by molar-refractivity contribution is 5.82. The Hall–Kier alpha value is -3.48. The Morgan fingerprint density at radius 2 is 1.78 bits per heavy atom. The number of benzene rings is 2. The fourth-order valence-electron chi connectivity index (χ4n) is 2.73. The molecule has 0 saturated heterocycles. The maximum Gasteiger partial charge on any atom is 0.226 e. The van der Waals surface area contributed by atoms with Crippen LogP contribution in [0.4, 0.5) is 8.78 Å². The molecule has 1 N–H and O–H groups in total. The summed E-state index contributed by atoms with van der Waals surface area (Å²) in [7, 11) is 0. The average Bonchev–Trinajstić information content (AvgIpc) is 3.27. The number of furan rings is 1. The van der Waals surface area contributed by atoms with Crippen LogP contribution in [0.5, 0.6) is 0 Å². The summed E-state index contributed by atoms with van der Waals surface area (Å²) in [6.07, 6.45) is -0.0835. The Kier molecular flexibility index (Phi) is 4.42. The van der Waals surface area contributed by atoms with Crippen LogP contribution in [0.15, 0.2) is 63.5 Å². The summed E-state index contributed by atoms with van der Waals surface area (Å²) in [6, 6.07) is 14.5. The second kappa shape index (κ2) is 7.03. The Morgan fingerprint density at radius 3 is 2.56 bits per heavy atom. The molecular formula is C20H14F2N2O3. The fraction of sp³-hybridized carbons (Fsp3) is 0.100. The van der Waals surface area contributed by atoms with Gasteiger partial charge in [0.05, 0.1) is 12.1 Å². The monoisotopic (exact) mass is 368 g/mol. The summed E-state index contributed by atoms with van der Waals surface area (Å²) in [4.78, 5) is 12.0. The van der Waals surface area contributed by atoms with Crippen molar-refractivity contribution in [3.63, 3.8) is 0 Å². The predicted octanol–water partition coefficient (Wildman–Crippen LogP) is 4.22. The van der Waals surface area contributed by atoms with E-state index in [4.69, 9.17) is 8.94 Å². The van der Waals surface area contributed by atoms with Crippen molar-refractivity contribution in [2.75, 3.05) is 0 Å². The van der Waals surface area contributed by atoms with Crippen LogP contribution in [0.25, 0.3) is 22.5 Å². The van der Waals surface area contributed by atoms with Gasteiger partial charge < -0.3 is 14.3 Å². The van der Waals surface area contributed by atoms with Gasteiger partial charge in [-0.15, -0.1) is 0 Å². The van der Waals surface area contributed by atoms with Crippen LogP contribution in [-0.2, 0) is 17.8 Å². The van der Waals surface area contributed by atoms with E-state index >= 15 is 0 Å². The molecule has 136 valence electrons. The van der Waals surface area contributed by atoms with Crippen molar-refractivity contribution in [3.05, 3.63) is 77.5 Å². The largest absolute Gasteiger partial charge is 0.453 e. The van der Waals surface area contributed by atoms with E-state index in [1.165, 1.54) is 6.07 Å². The first-order valence-electron chi connectivity index (χ1n) is 8.24. The van der Waals surface area contributed by atoms with Crippen molar-refractivity contribution in [3.8, 4) is 11.5 Å². The predicted molar refractivity (Wildman–Crippen MR) is 93.6 cm³/mol. The number of carbonyl (C=O) groups is 1. The Balaban J connectivity index is 1.42. The summed E-state index contributed by atoms with van der Waals surface area (Å²) in [6.45, 7) is -0.244. The Labute approximate surface area is 152 Å². The zero-order valence-electron chi connectivity index (χ0n) is 14.0. The van der Waals surface area contributed by atoms with Crippen molar-refractivity contribution in [2.45, 2.75) is 13.0 Å². The molecule has 27 heavy (non-hydrogen) atoms. The highest BCUT2D eigenvalue weighted by Gasteiger charge is 2.15. The topological polar surface area (TPSA) is 68.3 Å². The molecular weight excluding hydrogens is 354 g/mol. The number of halogens is 2. The first kappa shape index (κ1) is 17.0. The maximum absolute atomic E-state index is 13.6. The van der Waals surface area contributed by atoms with Crippen LogP contribution in [0.2, 0.25) is 0 Å². The Morgan fingerprint density at radius 1 is 1.00 bits per heavy atom. The van der Waals surface area contributed by atoms with Crippen LogP contribution in [0.3, 0.4) is 0 Å². The Bertz CT molecular complexity index is 1060. The molecule has 0 aliphatic rings. The van der Waals surface area contributed by atoms with Gasteiger partial charge in [-0.3, -0.25) is 4.79 Å². The lowest BCUT2D eigenvalue weighted by atomic mass is 10.2. The number of para-hydroxylation sites is 1. The van der Waals surface area contributed by atoms with Crippen molar-refractivity contribution in [1.82, 2.24) is 10.5 Å². The molecule has 2 aromatic carbocycles. The molecule has 2 aromatic heterocycles. The highest BCUT2D eigenvalue weighted by Crippen LogP contribution is 2.28. The van der Waals surface area contributed by atoms with Gasteiger partial charge in [-0.05, 0) is 24.3 Å². The van der Waals surface area contributed by atoms with Gasteiger partial charge >= 0.3 is 0 Å². The van der Waals surface area contributed by atoms with Gasteiger partial charge in [-0.1, -0.05) is 29.4 Å². The van der Waals surface area contributed by atoms with Gasteiger partial charge in [0.2, 0.25) is 11.7 Å². The van der Waals surface area contributed by atoms with E-state index in [1.54, 1.807) is 6.07 Å². The van der Waals surface area contributed by atoms with E-state index in [9.17, 15) is 13.6 Å². The van der Waals surface area contributed by atoms with E-state index < -0.39 is 17.5 Å². The molecule has 0 spiro atoms. The normalized spacial score (nSPS) is 11.0. The lowest BCUT2D eigenvalue weighted by molar-refractivity contribution is -0.120. The van der Waals surface area contributed by atoms with Gasteiger partial charge in [0.25, 0.3) is 0 Å². The number of hydrogen-bond donors (Lipinski definition) is 1. The smallest absolute Gasteiger partial charge is 0.226 e. The minimum absolute atomic E-state index is 0.0835. The van der Waals surface area contributed by atoms with Crippen LogP contribution >= 0.6 is 0 Å². The molecule has 0 unspecified atom stereocenters. The molecule has 0 atom stereocenters. The molecule has 2 heterocycles. The van der Waals surface area contributed by atoms with Crippen molar-refractivity contribution < 1.29 is 22.5 Å². The van der Waals surface area contributed by atoms with Gasteiger partial charge in [0, 0.05) is 23.6 Å². The van der Waals surface area contributed by atoms with Gasteiger partial charge in [-0.25, -0.2) is 8.78 Å². The molecule has 5 nitrogen and oxygen atoms in total. The second-order valence-corrected chi connectivity index (χ2v) is 5.98. The highest BCUT2D eigenvalue weighted by atomic mass is 19.1.